The van der Waals surface area contributed by atoms with Crippen molar-refractivity contribution >= 4 is 35.1 Å². The molecule has 0 aliphatic rings. The fourth-order valence-electron chi connectivity index (χ4n) is 1.92. The summed E-state index contributed by atoms with van der Waals surface area (Å²) >= 11 is 5.83. The lowest BCUT2D eigenvalue weighted by Crippen LogP contribution is -2.31. The average molecular weight is 362 g/mol. The minimum Gasteiger partial charge on any atom is -0.468 e. The summed E-state index contributed by atoms with van der Waals surface area (Å²) in [5.41, 5.74) is 1.51. The molecule has 0 radical (unpaired) electrons. The van der Waals surface area contributed by atoms with Crippen molar-refractivity contribution in [2.24, 2.45) is 0 Å². The third kappa shape index (κ3) is 5.89. The quantitative estimate of drug-likeness (QED) is 0.765. The zero-order valence-corrected chi connectivity index (χ0v) is 14.2. The Balaban J connectivity index is 1.90. The predicted molar refractivity (Wildman–Crippen MR) is 92.4 cm³/mol. The highest BCUT2D eigenvalue weighted by Crippen LogP contribution is 2.13. The summed E-state index contributed by atoms with van der Waals surface area (Å²) in [6.45, 7) is -0.171. The van der Waals surface area contributed by atoms with E-state index in [0.29, 0.717) is 10.7 Å². The summed E-state index contributed by atoms with van der Waals surface area (Å²) in [6, 6.07) is 9.81. The molecule has 0 spiro atoms. The Labute approximate surface area is 149 Å². The number of hydrogen-bond acceptors (Lipinski definition) is 5. The summed E-state index contributed by atoms with van der Waals surface area (Å²) in [5.74, 6) is -1.20. The molecule has 0 aliphatic heterocycles. The van der Waals surface area contributed by atoms with Crippen LogP contribution in [0.1, 0.15) is 16.1 Å². The summed E-state index contributed by atoms with van der Waals surface area (Å²) in [7, 11) is 1.25. The molecule has 25 heavy (non-hydrogen) atoms. The van der Waals surface area contributed by atoms with E-state index in [4.69, 9.17) is 11.6 Å². The van der Waals surface area contributed by atoms with E-state index in [1.54, 1.807) is 30.3 Å². The van der Waals surface area contributed by atoms with Gasteiger partial charge in [0.05, 0.1) is 13.5 Å². The van der Waals surface area contributed by atoms with Gasteiger partial charge in [-0.2, -0.15) is 0 Å². The number of nitrogens with one attached hydrogen (secondary N) is 2. The first-order valence-corrected chi connectivity index (χ1v) is 7.71. The number of hydrogen-bond donors (Lipinski definition) is 2. The lowest BCUT2D eigenvalue weighted by molar-refractivity contribution is -0.141. The van der Waals surface area contributed by atoms with Crippen molar-refractivity contribution in [3.63, 3.8) is 0 Å². The molecule has 1 aromatic heterocycles. The standard InChI is InChI=1S/C17H16ClN3O4/c1-25-16(23)10-20-15(22)8-11-2-4-13(5-3-11)21-17(24)14-9-12(18)6-7-19-14/h2-7,9H,8,10H2,1H3,(H,20,22)(H,21,24). The molecular formula is C17H16ClN3O4. The molecule has 8 heteroatoms. The van der Waals surface area contributed by atoms with Gasteiger partial charge in [0.2, 0.25) is 5.91 Å². The predicted octanol–water partition coefficient (Wildman–Crippen LogP) is 1.82. The monoisotopic (exact) mass is 361 g/mol. The molecule has 0 unspecified atom stereocenters. The third-order valence-electron chi connectivity index (χ3n) is 3.19. The molecule has 0 fully saturated rings. The van der Waals surface area contributed by atoms with Gasteiger partial charge in [-0.1, -0.05) is 23.7 Å². The Kier molecular flexibility index (Phi) is 6.47. The highest BCUT2D eigenvalue weighted by molar-refractivity contribution is 6.30. The van der Waals surface area contributed by atoms with Gasteiger partial charge in [-0.15, -0.1) is 0 Å². The van der Waals surface area contributed by atoms with Gasteiger partial charge in [0, 0.05) is 16.9 Å². The van der Waals surface area contributed by atoms with Crippen molar-refractivity contribution in [2.75, 3.05) is 19.0 Å². The Hall–Kier alpha value is -2.93. The molecule has 130 valence electrons. The van der Waals surface area contributed by atoms with Crippen LogP contribution in [0.15, 0.2) is 42.6 Å². The average Bonchev–Trinajstić information content (AvgIpc) is 2.61. The molecule has 0 atom stereocenters. The van der Waals surface area contributed by atoms with E-state index in [0.717, 1.165) is 5.56 Å². The molecule has 2 aromatic rings. The minimum absolute atomic E-state index is 0.112. The van der Waals surface area contributed by atoms with E-state index < -0.39 is 5.97 Å². The molecule has 2 N–H and O–H groups in total. The molecule has 0 bridgehead atoms. The number of amides is 2. The van der Waals surface area contributed by atoms with Crippen LogP contribution in [-0.2, 0) is 20.7 Å². The second-order valence-corrected chi connectivity index (χ2v) is 5.48. The maximum atomic E-state index is 12.1. The van der Waals surface area contributed by atoms with Crippen molar-refractivity contribution in [3.8, 4) is 0 Å². The van der Waals surface area contributed by atoms with Crippen molar-refractivity contribution < 1.29 is 19.1 Å². The van der Waals surface area contributed by atoms with Crippen molar-refractivity contribution in [1.82, 2.24) is 10.3 Å². The molecule has 0 aliphatic carbocycles. The molecular weight excluding hydrogens is 346 g/mol. The number of benzene rings is 1. The van der Waals surface area contributed by atoms with Crippen LogP contribution in [0.25, 0.3) is 0 Å². The Morgan fingerprint density at radius 3 is 2.52 bits per heavy atom. The fraction of sp³-hybridized carbons (Fsp3) is 0.176. The lowest BCUT2D eigenvalue weighted by Gasteiger charge is -2.07. The maximum absolute atomic E-state index is 12.1. The SMILES string of the molecule is COC(=O)CNC(=O)Cc1ccc(NC(=O)c2cc(Cl)ccn2)cc1. The van der Waals surface area contributed by atoms with Gasteiger partial charge in [-0.05, 0) is 29.8 Å². The Morgan fingerprint density at radius 2 is 1.88 bits per heavy atom. The van der Waals surface area contributed by atoms with Crippen LogP contribution in [0.4, 0.5) is 5.69 Å². The number of methoxy groups -OCH3 is 1. The van der Waals surface area contributed by atoms with E-state index >= 15 is 0 Å². The number of nitrogens with zero attached hydrogens (tertiary/aromatic N) is 1. The molecule has 7 nitrogen and oxygen atoms in total. The Morgan fingerprint density at radius 1 is 1.16 bits per heavy atom. The highest BCUT2D eigenvalue weighted by atomic mass is 35.5. The number of aromatic nitrogens is 1. The van der Waals surface area contributed by atoms with Gasteiger partial charge in [-0.3, -0.25) is 19.4 Å². The van der Waals surface area contributed by atoms with E-state index in [2.05, 4.69) is 20.4 Å². The van der Waals surface area contributed by atoms with E-state index in [1.807, 2.05) is 0 Å². The molecule has 0 saturated carbocycles. The fourth-order valence-corrected chi connectivity index (χ4v) is 2.08. The molecule has 1 aromatic carbocycles. The number of rotatable bonds is 6. The third-order valence-corrected chi connectivity index (χ3v) is 3.42. The molecule has 2 rings (SSSR count). The van der Waals surface area contributed by atoms with Crippen molar-refractivity contribution in [3.05, 3.63) is 58.9 Å². The van der Waals surface area contributed by atoms with Crippen LogP contribution in [0.3, 0.4) is 0 Å². The zero-order valence-electron chi connectivity index (χ0n) is 13.4. The van der Waals surface area contributed by atoms with Gasteiger partial charge in [-0.25, -0.2) is 0 Å². The normalized spacial score (nSPS) is 10.0. The van der Waals surface area contributed by atoms with E-state index in [-0.39, 0.29) is 30.5 Å². The molecule has 0 saturated heterocycles. The largest absolute Gasteiger partial charge is 0.468 e. The summed E-state index contributed by atoms with van der Waals surface area (Å²) in [6.07, 6.45) is 1.56. The second-order valence-electron chi connectivity index (χ2n) is 5.04. The van der Waals surface area contributed by atoms with Crippen LogP contribution in [0.2, 0.25) is 5.02 Å². The van der Waals surface area contributed by atoms with Gasteiger partial charge in [0.15, 0.2) is 0 Å². The maximum Gasteiger partial charge on any atom is 0.325 e. The number of halogens is 1. The number of anilines is 1. The van der Waals surface area contributed by atoms with Gasteiger partial charge < -0.3 is 15.4 Å². The lowest BCUT2D eigenvalue weighted by atomic mass is 10.1. The number of esters is 1. The topological polar surface area (TPSA) is 97.4 Å². The van der Waals surface area contributed by atoms with Crippen LogP contribution < -0.4 is 10.6 Å². The number of ether oxygens (including phenoxy) is 1. The summed E-state index contributed by atoms with van der Waals surface area (Å²) < 4.78 is 4.44. The first-order valence-electron chi connectivity index (χ1n) is 7.33. The summed E-state index contributed by atoms with van der Waals surface area (Å²) in [5, 5.41) is 5.57. The summed E-state index contributed by atoms with van der Waals surface area (Å²) in [4.78, 5) is 38.7. The van der Waals surface area contributed by atoms with Crippen LogP contribution in [-0.4, -0.2) is 36.4 Å². The number of pyridine rings is 1. The smallest absolute Gasteiger partial charge is 0.325 e. The molecule has 2 amide bonds. The first kappa shape index (κ1) is 18.4. The van der Waals surface area contributed by atoms with Crippen LogP contribution in [0, 0.1) is 0 Å². The van der Waals surface area contributed by atoms with Gasteiger partial charge >= 0.3 is 5.97 Å². The molecule has 1 heterocycles. The van der Waals surface area contributed by atoms with E-state index in [9.17, 15) is 14.4 Å². The minimum atomic E-state index is -0.513. The van der Waals surface area contributed by atoms with Gasteiger partial charge in [0.1, 0.15) is 12.2 Å². The van der Waals surface area contributed by atoms with Crippen molar-refractivity contribution in [2.45, 2.75) is 6.42 Å². The van der Waals surface area contributed by atoms with Crippen molar-refractivity contribution in [1.29, 1.82) is 0 Å². The van der Waals surface area contributed by atoms with Crippen LogP contribution in [0.5, 0.6) is 0 Å². The number of carbonyl (C=O) groups is 3. The second kappa shape index (κ2) is 8.79. The zero-order chi connectivity index (χ0) is 18.2. The number of carbonyl (C=O) groups excluding carboxylic acids is 3. The van der Waals surface area contributed by atoms with E-state index in [1.165, 1.54) is 19.4 Å². The van der Waals surface area contributed by atoms with Crippen LogP contribution >= 0.6 is 11.6 Å². The Bertz CT molecular complexity index is 778. The van der Waals surface area contributed by atoms with Gasteiger partial charge in [0.25, 0.3) is 5.91 Å². The highest BCUT2D eigenvalue weighted by Gasteiger charge is 2.09. The first-order chi connectivity index (χ1) is 12.0.